The van der Waals surface area contributed by atoms with Crippen molar-refractivity contribution in [2.45, 2.75) is 19.9 Å². The molecule has 0 aliphatic heterocycles. The van der Waals surface area contributed by atoms with E-state index >= 15 is 0 Å². The normalized spacial score (nSPS) is 14.0. The fourth-order valence-corrected chi connectivity index (χ4v) is 1.70. The molecule has 1 aromatic rings. The summed E-state index contributed by atoms with van der Waals surface area (Å²) in [6.07, 6.45) is 0. The second-order valence-electron chi connectivity index (χ2n) is 3.68. The van der Waals surface area contributed by atoms with Crippen LogP contribution in [0.1, 0.15) is 19.4 Å². The molecule has 86 valence electrons. The monoisotopic (exact) mass is 219 g/mol. The lowest BCUT2D eigenvalue weighted by Crippen LogP contribution is -2.20. The van der Waals surface area contributed by atoms with Crippen molar-refractivity contribution >= 4 is 11.5 Å². The number of benzene rings is 1. The molecule has 0 heterocycles. The van der Waals surface area contributed by atoms with Crippen LogP contribution >= 0.6 is 0 Å². The van der Waals surface area contributed by atoms with E-state index in [-0.39, 0.29) is 12.0 Å². The molecule has 0 aliphatic rings. The first-order valence-corrected chi connectivity index (χ1v) is 5.18. The Morgan fingerprint density at radius 3 is 2.31 bits per heavy atom. The molecule has 1 atom stereocenters. The zero-order valence-electron chi connectivity index (χ0n) is 9.86. The largest absolute Gasteiger partial charge is 0.466 e. The SMILES string of the molecule is COC(=O)C(C)=C(c1ccccc1)C(C)N. The lowest BCUT2D eigenvalue weighted by atomic mass is 9.95. The van der Waals surface area contributed by atoms with E-state index in [0.717, 1.165) is 11.1 Å². The molecule has 0 amide bonds. The summed E-state index contributed by atoms with van der Waals surface area (Å²) >= 11 is 0. The highest BCUT2D eigenvalue weighted by molar-refractivity contribution is 5.97. The van der Waals surface area contributed by atoms with Crippen molar-refractivity contribution in [1.82, 2.24) is 0 Å². The molecule has 0 saturated heterocycles. The Hall–Kier alpha value is -1.61. The summed E-state index contributed by atoms with van der Waals surface area (Å²) in [5.74, 6) is -0.337. The molecule has 0 fully saturated rings. The Morgan fingerprint density at radius 2 is 1.88 bits per heavy atom. The predicted octanol–water partition coefficient (Wildman–Crippen LogP) is 1.98. The van der Waals surface area contributed by atoms with Crippen LogP contribution in [0.2, 0.25) is 0 Å². The summed E-state index contributed by atoms with van der Waals surface area (Å²) in [6.45, 7) is 3.59. The molecule has 0 radical (unpaired) electrons. The number of rotatable bonds is 3. The maximum Gasteiger partial charge on any atom is 0.333 e. The summed E-state index contributed by atoms with van der Waals surface area (Å²) in [5.41, 5.74) is 8.24. The van der Waals surface area contributed by atoms with Crippen molar-refractivity contribution in [2.24, 2.45) is 5.73 Å². The molecule has 3 nitrogen and oxygen atoms in total. The van der Waals surface area contributed by atoms with Crippen molar-refractivity contribution < 1.29 is 9.53 Å². The minimum atomic E-state index is -0.337. The number of hydrogen-bond donors (Lipinski definition) is 1. The van der Waals surface area contributed by atoms with Crippen LogP contribution in [-0.4, -0.2) is 19.1 Å². The van der Waals surface area contributed by atoms with Gasteiger partial charge in [0, 0.05) is 11.6 Å². The zero-order valence-corrected chi connectivity index (χ0v) is 9.86. The number of nitrogens with two attached hydrogens (primary N) is 1. The summed E-state index contributed by atoms with van der Waals surface area (Å²) in [4.78, 5) is 11.5. The molecule has 1 aromatic carbocycles. The molecule has 1 rings (SSSR count). The van der Waals surface area contributed by atoms with Gasteiger partial charge in [0.2, 0.25) is 0 Å². The van der Waals surface area contributed by atoms with Crippen LogP contribution in [0, 0.1) is 0 Å². The predicted molar refractivity (Wildman–Crippen MR) is 64.7 cm³/mol. The van der Waals surface area contributed by atoms with Crippen LogP contribution in [-0.2, 0) is 9.53 Å². The van der Waals surface area contributed by atoms with Gasteiger partial charge in [-0.05, 0) is 25.0 Å². The van der Waals surface area contributed by atoms with E-state index in [1.165, 1.54) is 7.11 Å². The summed E-state index contributed by atoms with van der Waals surface area (Å²) in [6, 6.07) is 9.43. The third-order valence-corrected chi connectivity index (χ3v) is 2.44. The van der Waals surface area contributed by atoms with Gasteiger partial charge < -0.3 is 10.5 Å². The smallest absolute Gasteiger partial charge is 0.333 e. The molecule has 3 heteroatoms. The highest BCUT2D eigenvalue weighted by atomic mass is 16.5. The van der Waals surface area contributed by atoms with Crippen LogP contribution in [0.15, 0.2) is 35.9 Å². The van der Waals surface area contributed by atoms with Gasteiger partial charge in [0.15, 0.2) is 0 Å². The maximum absolute atomic E-state index is 11.5. The Kier molecular flexibility index (Phi) is 4.26. The Bertz CT molecular complexity index is 394. The van der Waals surface area contributed by atoms with Gasteiger partial charge >= 0.3 is 5.97 Å². The van der Waals surface area contributed by atoms with Gasteiger partial charge in [-0.15, -0.1) is 0 Å². The molecule has 0 spiro atoms. The second-order valence-corrected chi connectivity index (χ2v) is 3.68. The molecule has 0 saturated carbocycles. The Balaban J connectivity index is 3.25. The average molecular weight is 219 g/mol. The standard InChI is InChI=1S/C13H17NO2/c1-9(13(15)16-3)12(10(2)14)11-7-5-4-6-8-11/h4-8,10H,14H2,1-3H3. The molecular formula is C13H17NO2. The molecule has 1 unspecified atom stereocenters. The van der Waals surface area contributed by atoms with E-state index in [9.17, 15) is 4.79 Å². The first-order valence-electron chi connectivity index (χ1n) is 5.18. The average Bonchev–Trinajstić information content (AvgIpc) is 2.29. The highest BCUT2D eigenvalue weighted by Crippen LogP contribution is 2.21. The van der Waals surface area contributed by atoms with Crippen molar-refractivity contribution in [3.8, 4) is 0 Å². The first-order chi connectivity index (χ1) is 7.57. The second kappa shape index (κ2) is 5.47. The van der Waals surface area contributed by atoms with Crippen LogP contribution < -0.4 is 5.73 Å². The molecule has 0 bridgehead atoms. The molecular weight excluding hydrogens is 202 g/mol. The molecule has 2 N–H and O–H groups in total. The Morgan fingerprint density at radius 1 is 1.31 bits per heavy atom. The first kappa shape index (κ1) is 12.5. The van der Waals surface area contributed by atoms with Crippen molar-refractivity contribution in [3.63, 3.8) is 0 Å². The van der Waals surface area contributed by atoms with Crippen molar-refractivity contribution in [3.05, 3.63) is 41.5 Å². The Labute approximate surface area is 95.9 Å². The van der Waals surface area contributed by atoms with E-state index in [1.54, 1.807) is 6.92 Å². The van der Waals surface area contributed by atoms with Gasteiger partial charge in [-0.25, -0.2) is 4.79 Å². The quantitative estimate of drug-likeness (QED) is 0.624. The van der Waals surface area contributed by atoms with Crippen LogP contribution in [0.4, 0.5) is 0 Å². The van der Waals surface area contributed by atoms with Crippen LogP contribution in [0.3, 0.4) is 0 Å². The minimum Gasteiger partial charge on any atom is -0.466 e. The highest BCUT2D eigenvalue weighted by Gasteiger charge is 2.15. The summed E-state index contributed by atoms with van der Waals surface area (Å²) in [5, 5.41) is 0. The van der Waals surface area contributed by atoms with Crippen LogP contribution in [0.25, 0.3) is 5.57 Å². The molecule has 0 aliphatic carbocycles. The van der Waals surface area contributed by atoms with Crippen molar-refractivity contribution in [2.75, 3.05) is 7.11 Å². The minimum absolute atomic E-state index is 0.207. The maximum atomic E-state index is 11.5. The van der Waals surface area contributed by atoms with Gasteiger partial charge in [-0.3, -0.25) is 0 Å². The number of carbonyl (C=O) groups is 1. The van der Waals surface area contributed by atoms with E-state index in [4.69, 9.17) is 10.5 Å². The van der Waals surface area contributed by atoms with Gasteiger partial charge in [-0.1, -0.05) is 30.3 Å². The third kappa shape index (κ3) is 2.70. The van der Waals surface area contributed by atoms with E-state index < -0.39 is 0 Å². The fraction of sp³-hybridized carbons (Fsp3) is 0.308. The molecule has 16 heavy (non-hydrogen) atoms. The third-order valence-electron chi connectivity index (χ3n) is 2.44. The van der Waals surface area contributed by atoms with E-state index in [1.807, 2.05) is 37.3 Å². The number of esters is 1. The summed E-state index contributed by atoms with van der Waals surface area (Å²) < 4.78 is 4.71. The fourth-order valence-electron chi connectivity index (χ4n) is 1.70. The number of carbonyl (C=O) groups excluding carboxylic acids is 1. The molecule has 0 aromatic heterocycles. The number of methoxy groups -OCH3 is 1. The summed E-state index contributed by atoms with van der Waals surface area (Å²) in [7, 11) is 1.37. The number of ether oxygens (including phenoxy) is 1. The van der Waals surface area contributed by atoms with Gasteiger partial charge in [-0.2, -0.15) is 0 Å². The number of hydrogen-bond acceptors (Lipinski definition) is 3. The van der Waals surface area contributed by atoms with E-state index in [2.05, 4.69) is 0 Å². The zero-order chi connectivity index (χ0) is 12.1. The van der Waals surface area contributed by atoms with Gasteiger partial charge in [0.05, 0.1) is 7.11 Å². The van der Waals surface area contributed by atoms with E-state index in [0.29, 0.717) is 5.57 Å². The van der Waals surface area contributed by atoms with Crippen LogP contribution in [0.5, 0.6) is 0 Å². The topological polar surface area (TPSA) is 52.3 Å². The van der Waals surface area contributed by atoms with Gasteiger partial charge in [0.25, 0.3) is 0 Å². The van der Waals surface area contributed by atoms with Gasteiger partial charge in [0.1, 0.15) is 0 Å². The lowest BCUT2D eigenvalue weighted by Gasteiger charge is -2.15. The lowest BCUT2D eigenvalue weighted by molar-refractivity contribution is -0.135. The van der Waals surface area contributed by atoms with Crippen molar-refractivity contribution in [1.29, 1.82) is 0 Å².